The largest absolute Gasteiger partial charge is 0.305 e. The van der Waals surface area contributed by atoms with Crippen molar-refractivity contribution in [1.29, 1.82) is 0 Å². The maximum Gasteiger partial charge on any atom is 0.0399 e. The molecule has 0 aliphatic heterocycles. The molecule has 2 heterocycles. The summed E-state index contributed by atoms with van der Waals surface area (Å²) in [4.78, 5) is 8.75. The predicted molar refractivity (Wildman–Crippen MR) is 184 cm³/mol. The van der Waals surface area contributed by atoms with Gasteiger partial charge in [0.15, 0.2) is 0 Å². The summed E-state index contributed by atoms with van der Waals surface area (Å²) >= 11 is 0. The fourth-order valence-corrected chi connectivity index (χ4v) is 4.82. The molecule has 45 heavy (non-hydrogen) atoms. The molecule has 1 atom stereocenters. The first kappa shape index (κ1) is 26.1. The van der Waals surface area contributed by atoms with E-state index in [0.717, 1.165) is 33.5 Å². The first-order valence-corrected chi connectivity index (χ1v) is 14.7. The monoisotopic (exact) mass is 771 g/mol. The van der Waals surface area contributed by atoms with Gasteiger partial charge in [0.05, 0.1) is 0 Å². The molecule has 0 saturated carbocycles. The summed E-state index contributed by atoms with van der Waals surface area (Å²) in [6, 6.07) is 44.3. The van der Waals surface area contributed by atoms with Gasteiger partial charge in [-0.15, -0.1) is 71.3 Å². The Hall–Kier alpha value is -4.17. The first-order valence-electron chi connectivity index (χ1n) is 17.7. The summed E-state index contributed by atoms with van der Waals surface area (Å²) in [6.07, 6.45) is 1.64. The molecule has 2 nitrogen and oxygen atoms in total. The van der Waals surface area contributed by atoms with Gasteiger partial charge in [0.25, 0.3) is 0 Å². The molecule has 2 aromatic heterocycles. The third-order valence-corrected chi connectivity index (χ3v) is 6.96. The average molecular weight is 771 g/mol. The van der Waals surface area contributed by atoms with E-state index in [1.165, 1.54) is 6.20 Å². The molecule has 0 N–H and O–H groups in total. The van der Waals surface area contributed by atoms with Gasteiger partial charge >= 0.3 is 0 Å². The quantitative estimate of drug-likeness (QED) is 0.158. The van der Waals surface area contributed by atoms with Crippen molar-refractivity contribution in [3.05, 3.63) is 168 Å². The molecule has 0 aliphatic rings. The molecule has 6 aromatic rings. The van der Waals surface area contributed by atoms with Crippen molar-refractivity contribution in [2.45, 2.75) is 46.8 Å². The van der Waals surface area contributed by atoms with Crippen molar-refractivity contribution >= 4 is 0 Å². The van der Waals surface area contributed by atoms with Crippen LogP contribution in [0, 0.1) is 24.4 Å². The van der Waals surface area contributed by atoms with Gasteiger partial charge in [0, 0.05) is 46.6 Å². The second-order valence-electron chi connectivity index (χ2n) is 11.5. The van der Waals surface area contributed by atoms with E-state index in [9.17, 15) is 0 Å². The maximum atomic E-state index is 9.08. The van der Waals surface area contributed by atoms with E-state index in [4.69, 9.17) is 8.22 Å². The summed E-state index contributed by atoms with van der Waals surface area (Å²) in [5, 5.41) is 0. The number of hydrogen-bond acceptors (Lipinski definition) is 2. The van der Waals surface area contributed by atoms with E-state index in [-0.39, 0.29) is 25.7 Å². The van der Waals surface area contributed by atoms with E-state index in [0.29, 0.717) is 16.8 Å². The van der Waals surface area contributed by atoms with E-state index in [1.807, 2.05) is 130 Å². The Kier molecular flexibility index (Phi) is 9.11. The molecular formula is C42H40IrN2-2. The van der Waals surface area contributed by atoms with Crippen molar-refractivity contribution in [3.8, 4) is 33.6 Å². The van der Waals surface area contributed by atoms with Crippen LogP contribution >= 0.6 is 0 Å². The van der Waals surface area contributed by atoms with Crippen LogP contribution in [0.5, 0.6) is 0 Å². The standard InChI is InChI=1S/C26H22N.C16H18N.Ir/c1-19-18-27-26(17-25(19)20(2)21-10-5-3-6-11-21)24-15-9-14-23(16-24)22-12-7-4-8-13-22;1-16(2,3)12-13-9-10-17-15(11-13)14-7-5-4-6-8-14;/h3-14,16-18,20H,1-2H3;4-7,9-11H,12H2,1-3H3;/q2*-1;/i1D3,20D;12D2;. The van der Waals surface area contributed by atoms with Gasteiger partial charge in [-0.25, -0.2) is 0 Å². The van der Waals surface area contributed by atoms with Gasteiger partial charge in [0.1, 0.15) is 0 Å². The SMILES string of the molecule is [2H]C([2H])([2H])c1cnc(-c2[c-]ccc(-c3ccccc3)c2)cc1C([2H])(C)c1ccccc1.[2H]C([2H])(c1ccnc(-c2[c-]cccc2)c1)C(C)(C)C.[Ir]. The summed E-state index contributed by atoms with van der Waals surface area (Å²) < 4.78 is 49.6. The fraction of sp³-hybridized carbons (Fsp3) is 0.190. The molecule has 0 bridgehead atoms. The molecule has 0 saturated heterocycles. The van der Waals surface area contributed by atoms with Crippen LogP contribution in [0.4, 0.5) is 0 Å². The van der Waals surface area contributed by atoms with Gasteiger partial charge in [-0.1, -0.05) is 106 Å². The average Bonchev–Trinajstić information content (AvgIpc) is 3.12. The Morgan fingerprint density at radius 2 is 1.44 bits per heavy atom. The third kappa shape index (κ3) is 9.41. The van der Waals surface area contributed by atoms with Crippen LogP contribution in [-0.4, -0.2) is 9.97 Å². The van der Waals surface area contributed by atoms with Crippen molar-refractivity contribution in [2.75, 3.05) is 0 Å². The number of aryl methyl sites for hydroxylation is 1. The summed E-state index contributed by atoms with van der Waals surface area (Å²) in [5.41, 5.74) is 6.51. The van der Waals surface area contributed by atoms with Crippen molar-refractivity contribution in [3.63, 3.8) is 0 Å². The van der Waals surface area contributed by atoms with Gasteiger partial charge < -0.3 is 9.97 Å². The molecule has 4 aromatic carbocycles. The van der Waals surface area contributed by atoms with Crippen LogP contribution in [-0.2, 0) is 26.5 Å². The molecule has 1 unspecified atom stereocenters. The summed E-state index contributed by atoms with van der Waals surface area (Å²) in [7, 11) is 0. The summed E-state index contributed by atoms with van der Waals surface area (Å²) in [5.74, 6) is -1.25. The molecule has 3 heteroatoms. The zero-order valence-electron chi connectivity index (χ0n) is 31.9. The second-order valence-corrected chi connectivity index (χ2v) is 11.5. The van der Waals surface area contributed by atoms with Crippen LogP contribution in [0.25, 0.3) is 33.6 Å². The van der Waals surface area contributed by atoms with Gasteiger partial charge in [-0.3, -0.25) is 0 Å². The van der Waals surface area contributed by atoms with Gasteiger partial charge in [-0.2, -0.15) is 0 Å². The second kappa shape index (κ2) is 15.7. The molecular weight excluding hydrogens is 725 g/mol. The summed E-state index contributed by atoms with van der Waals surface area (Å²) in [6.45, 7) is 5.07. The van der Waals surface area contributed by atoms with E-state index in [2.05, 4.69) is 22.1 Å². The molecule has 0 fully saturated rings. The zero-order valence-corrected chi connectivity index (χ0v) is 28.3. The van der Waals surface area contributed by atoms with Crippen molar-refractivity contribution in [2.24, 2.45) is 5.41 Å². The molecule has 0 aliphatic carbocycles. The third-order valence-electron chi connectivity index (χ3n) is 6.96. The van der Waals surface area contributed by atoms with Crippen LogP contribution < -0.4 is 0 Å². The zero-order chi connectivity index (χ0) is 36.2. The van der Waals surface area contributed by atoms with Crippen LogP contribution in [0.1, 0.15) is 64.1 Å². The minimum absolute atomic E-state index is 0. The van der Waals surface area contributed by atoms with E-state index < -0.39 is 24.5 Å². The maximum absolute atomic E-state index is 9.08. The van der Waals surface area contributed by atoms with Crippen LogP contribution in [0.15, 0.2) is 134 Å². The molecule has 229 valence electrons. The smallest absolute Gasteiger partial charge is 0.0399 e. The van der Waals surface area contributed by atoms with Gasteiger partial charge in [-0.05, 0) is 58.3 Å². The van der Waals surface area contributed by atoms with E-state index >= 15 is 0 Å². The molecule has 1 radical (unpaired) electrons. The molecule has 6 rings (SSSR count). The van der Waals surface area contributed by atoms with E-state index in [1.54, 1.807) is 25.3 Å². The van der Waals surface area contributed by atoms with Crippen molar-refractivity contribution < 1.29 is 28.3 Å². The Labute approximate surface area is 291 Å². The number of aromatic nitrogens is 2. The predicted octanol–water partition coefficient (Wildman–Crippen LogP) is 10.8. The Morgan fingerprint density at radius 3 is 2.13 bits per heavy atom. The molecule has 0 amide bonds. The van der Waals surface area contributed by atoms with Crippen LogP contribution in [0.3, 0.4) is 0 Å². The minimum Gasteiger partial charge on any atom is -0.305 e. The van der Waals surface area contributed by atoms with Gasteiger partial charge in [0.2, 0.25) is 0 Å². The molecule has 0 spiro atoms. The number of pyridine rings is 2. The Morgan fingerprint density at radius 1 is 0.756 bits per heavy atom. The number of benzene rings is 4. The van der Waals surface area contributed by atoms with Crippen molar-refractivity contribution in [1.82, 2.24) is 9.97 Å². The normalized spacial score (nSPS) is 14.8. The van der Waals surface area contributed by atoms with Crippen LogP contribution in [0.2, 0.25) is 0 Å². The number of hydrogen-bond donors (Lipinski definition) is 0. The minimum atomic E-state index is -2.37. The Balaban J connectivity index is 0.000000251. The number of rotatable bonds is 6. The Bertz CT molecular complexity index is 2020. The first-order chi connectivity index (χ1) is 23.6. The topological polar surface area (TPSA) is 25.8 Å². The fourth-order valence-electron chi connectivity index (χ4n) is 4.82. The number of nitrogens with zero attached hydrogens (tertiary/aromatic N) is 2.